The van der Waals surface area contributed by atoms with Crippen molar-refractivity contribution in [1.29, 1.82) is 0 Å². The minimum absolute atomic E-state index is 0.177. The van der Waals surface area contributed by atoms with Crippen molar-refractivity contribution in [2.24, 2.45) is 5.73 Å². The molecule has 0 aromatic heterocycles. The summed E-state index contributed by atoms with van der Waals surface area (Å²) in [5.41, 5.74) is 5.39. The zero-order valence-electron chi connectivity index (χ0n) is 10.4. The summed E-state index contributed by atoms with van der Waals surface area (Å²) >= 11 is 0. The van der Waals surface area contributed by atoms with Gasteiger partial charge in [0.25, 0.3) is 5.91 Å². The fourth-order valence-electron chi connectivity index (χ4n) is 1.59. The largest absolute Gasteiger partial charge is 0.353 e. The molecule has 1 aliphatic carbocycles. The number of nitrogens with one attached hydrogen (secondary N) is 2. The van der Waals surface area contributed by atoms with E-state index in [1.807, 2.05) is 0 Å². The number of amides is 2. The topological polar surface area (TPSA) is 84.2 Å². The Hall–Kier alpha value is -1.95. The Kier molecular flexibility index (Phi) is 3.80. The van der Waals surface area contributed by atoms with Crippen LogP contribution in [0.15, 0.2) is 24.3 Å². The molecule has 1 aromatic carbocycles. The molecule has 0 saturated heterocycles. The number of nitrogens with two attached hydrogens (primary N) is 1. The Balaban J connectivity index is 1.69. The molecule has 0 atom stereocenters. The maximum absolute atomic E-state index is 12.7. The second-order valence-corrected chi connectivity index (χ2v) is 4.67. The molecule has 0 radical (unpaired) electrons. The highest BCUT2D eigenvalue weighted by molar-refractivity contribution is 5.94. The molecule has 19 heavy (non-hydrogen) atoms. The van der Waals surface area contributed by atoms with Gasteiger partial charge in [0.05, 0.1) is 5.54 Å². The number of carbonyl (C=O) groups excluding carboxylic acids is 2. The van der Waals surface area contributed by atoms with Gasteiger partial charge in [0.15, 0.2) is 0 Å². The van der Waals surface area contributed by atoms with Gasteiger partial charge >= 0.3 is 0 Å². The minimum Gasteiger partial charge on any atom is -0.353 e. The van der Waals surface area contributed by atoms with E-state index in [-0.39, 0.29) is 17.6 Å². The zero-order chi connectivity index (χ0) is 13.9. The second-order valence-electron chi connectivity index (χ2n) is 4.67. The number of halogens is 1. The number of hydrogen-bond acceptors (Lipinski definition) is 3. The summed E-state index contributed by atoms with van der Waals surface area (Å²) in [6.45, 7) is 0.628. The second kappa shape index (κ2) is 5.36. The lowest BCUT2D eigenvalue weighted by molar-refractivity contribution is -0.123. The van der Waals surface area contributed by atoms with Gasteiger partial charge in [-0.25, -0.2) is 4.39 Å². The van der Waals surface area contributed by atoms with Gasteiger partial charge in [-0.1, -0.05) is 0 Å². The Labute approximate surface area is 110 Å². The van der Waals surface area contributed by atoms with E-state index in [9.17, 15) is 14.0 Å². The molecule has 1 fully saturated rings. The Bertz CT molecular complexity index is 483. The fraction of sp³-hybridized carbons (Fsp3) is 0.385. The molecule has 2 rings (SSSR count). The van der Waals surface area contributed by atoms with Crippen molar-refractivity contribution in [3.05, 3.63) is 35.6 Å². The van der Waals surface area contributed by atoms with Crippen LogP contribution in [-0.2, 0) is 4.79 Å². The lowest BCUT2D eigenvalue weighted by atomic mass is 10.2. The monoisotopic (exact) mass is 265 g/mol. The minimum atomic E-state index is -0.693. The summed E-state index contributed by atoms with van der Waals surface area (Å²) in [4.78, 5) is 23.1. The third-order valence-electron chi connectivity index (χ3n) is 3.04. The van der Waals surface area contributed by atoms with Crippen molar-refractivity contribution < 1.29 is 14.0 Å². The Morgan fingerprint density at radius 3 is 2.32 bits per heavy atom. The lowest BCUT2D eigenvalue weighted by Gasteiger charge is -2.10. The first-order valence-corrected chi connectivity index (χ1v) is 6.12. The fourth-order valence-corrected chi connectivity index (χ4v) is 1.59. The Morgan fingerprint density at radius 2 is 1.74 bits per heavy atom. The highest BCUT2D eigenvalue weighted by atomic mass is 19.1. The molecule has 0 bridgehead atoms. The molecule has 0 aliphatic heterocycles. The summed E-state index contributed by atoms with van der Waals surface area (Å²) in [5.74, 6) is -0.867. The van der Waals surface area contributed by atoms with Gasteiger partial charge in [0.1, 0.15) is 5.82 Å². The highest BCUT2D eigenvalue weighted by Gasteiger charge is 2.45. The summed E-state index contributed by atoms with van der Waals surface area (Å²) in [6, 6.07) is 5.26. The van der Waals surface area contributed by atoms with E-state index in [2.05, 4.69) is 10.6 Å². The van der Waals surface area contributed by atoms with Crippen LogP contribution in [0.3, 0.4) is 0 Å². The molecule has 0 unspecified atom stereocenters. The first kappa shape index (κ1) is 13.5. The van der Waals surface area contributed by atoms with Crippen LogP contribution in [-0.4, -0.2) is 30.4 Å². The summed E-state index contributed by atoms with van der Waals surface area (Å²) in [7, 11) is 0. The third-order valence-corrected chi connectivity index (χ3v) is 3.04. The van der Waals surface area contributed by atoms with Crippen molar-refractivity contribution in [1.82, 2.24) is 10.6 Å². The first-order chi connectivity index (χ1) is 9.01. The molecule has 0 heterocycles. The summed E-state index contributed by atoms with van der Waals surface area (Å²) in [5, 5.41) is 5.29. The van der Waals surface area contributed by atoms with Gasteiger partial charge in [-0.2, -0.15) is 0 Å². The van der Waals surface area contributed by atoms with Gasteiger partial charge in [0, 0.05) is 18.7 Å². The van der Waals surface area contributed by atoms with Gasteiger partial charge in [-0.15, -0.1) is 0 Å². The van der Waals surface area contributed by atoms with E-state index in [1.165, 1.54) is 24.3 Å². The normalized spacial score (nSPS) is 15.7. The quantitative estimate of drug-likeness (QED) is 0.663. The maximum Gasteiger partial charge on any atom is 0.251 e. The molecule has 4 N–H and O–H groups in total. The van der Waals surface area contributed by atoms with Gasteiger partial charge < -0.3 is 16.4 Å². The third kappa shape index (κ3) is 3.51. The summed E-state index contributed by atoms with van der Waals surface area (Å²) in [6.07, 6.45) is 1.42. The van der Waals surface area contributed by atoms with Gasteiger partial charge in [-0.05, 0) is 37.1 Å². The van der Waals surface area contributed by atoms with Crippen LogP contribution in [0.4, 0.5) is 4.39 Å². The van der Waals surface area contributed by atoms with Crippen molar-refractivity contribution in [2.45, 2.75) is 18.4 Å². The van der Waals surface area contributed by atoms with Crippen LogP contribution in [0, 0.1) is 5.82 Å². The number of benzene rings is 1. The summed E-state index contributed by atoms with van der Waals surface area (Å²) < 4.78 is 12.7. The predicted molar refractivity (Wildman–Crippen MR) is 67.9 cm³/mol. The van der Waals surface area contributed by atoms with Crippen molar-refractivity contribution in [3.63, 3.8) is 0 Å². The van der Waals surface area contributed by atoms with Crippen LogP contribution in [0.5, 0.6) is 0 Å². The highest BCUT2D eigenvalue weighted by Crippen LogP contribution is 2.31. The average Bonchev–Trinajstić information content (AvgIpc) is 3.14. The molecule has 1 aromatic rings. The number of rotatable bonds is 5. The molecule has 1 saturated carbocycles. The zero-order valence-corrected chi connectivity index (χ0v) is 10.4. The Morgan fingerprint density at radius 1 is 1.16 bits per heavy atom. The number of hydrogen-bond donors (Lipinski definition) is 3. The van der Waals surface area contributed by atoms with Crippen molar-refractivity contribution in [3.8, 4) is 0 Å². The van der Waals surface area contributed by atoms with Crippen LogP contribution in [0.1, 0.15) is 23.2 Å². The van der Waals surface area contributed by atoms with Gasteiger partial charge in [0.2, 0.25) is 5.91 Å². The van der Waals surface area contributed by atoms with E-state index in [0.29, 0.717) is 31.5 Å². The average molecular weight is 265 g/mol. The smallest absolute Gasteiger partial charge is 0.251 e. The molecule has 5 nitrogen and oxygen atoms in total. The van der Waals surface area contributed by atoms with Crippen LogP contribution < -0.4 is 16.4 Å². The van der Waals surface area contributed by atoms with Gasteiger partial charge in [-0.3, -0.25) is 9.59 Å². The molecular weight excluding hydrogens is 249 g/mol. The molecule has 102 valence electrons. The SMILES string of the molecule is NC1(C(=O)NCCNC(=O)c2ccc(F)cc2)CC1. The van der Waals surface area contributed by atoms with E-state index in [4.69, 9.17) is 5.73 Å². The maximum atomic E-state index is 12.7. The van der Waals surface area contributed by atoms with E-state index < -0.39 is 5.54 Å². The van der Waals surface area contributed by atoms with E-state index >= 15 is 0 Å². The van der Waals surface area contributed by atoms with Crippen molar-refractivity contribution >= 4 is 11.8 Å². The molecule has 1 aliphatic rings. The molecule has 6 heteroatoms. The van der Waals surface area contributed by atoms with E-state index in [1.54, 1.807) is 0 Å². The van der Waals surface area contributed by atoms with E-state index in [0.717, 1.165) is 0 Å². The lowest BCUT2D eigenvalue weighted by Crippen LogP contribution is -2.45. The van der Waals surface area contributed by atoms with Crippen LogP contribution in [0.25, 0.3) is 0 Å². The standard InChI is InChI=1S/C13H16FN3O2/c14-10-3-1-9(2-4-10)11(18)16-7-8-17-12(19)13(15)5-6-13/h1-4H,5-8,15H2,(H,16,18)(H,17,19). The molecule has 0 spiro atoms. The first-order valence-electron chi connectivity index (χ1n) is 6.12. The van der Waals surface area contributed by atoms with Crippen LogP contribution in [0.2, 0.25) is 0 Å². The van der Waals surface area contributed by atoms with Crippen molar-refractivity contribution in [2.75, 3.05) is 13.1 Å². The molecule has 2 amide bonds. The molecular formula is C13H16FN3O2. The van der Waals surface area contributed by atoms with Crippen LogP contribution >= 0.6 is 0 Å². The predicted octanol–water partition coefficient (Wildman–Crippen LogP) is 0.163. The number of carbonyl (C=O) groups is 2.